The number of nitrogens with one attached hydrogen (secondary N) is 1. The van der Waals surface area contributed by atoms with E-state index in [2.05, 4.69) is 33.4 Å². The molecule has 0 bridgehead atoms. The van der Waals surface area contributed by atoms with Gasteiger partial charge in [0.05, 0.1) is 28.0 Å². The lowest BCUT2D eigenvalue weighted by molar-refractivity contribution is 0.488. The maximum atomic E-state index is 5.93. The van der Waals surface area contributed by atoms with Gasteiger partial charge in [0, 0.05) is 41.3 Å². The first-order valence-electron chi connectivity index (χ1n) is 7.27. The number of fused-ring (bicyclic) bond motifs is 1. The van der Waals surface area contributed by atoms with Crippen molar-refractivity contribution in [2.45, 2.75) is 19.4 Å². The molecule has 0 aromatic carbocycles. The molecular formula is C16H14ClN5S. The standard InChI is InChI=1S/C16H14ClN5S/c1-10(22-8-11(17)6-20-22)5-15-21-14(9-23-15)13-7-19-16-12(13)3-2-4-18-16/h2-4,6-10H,5H2,1H3,(H,18,19). The SMILES string of the molecule is CC(Cc1nc(-c2c[nH]c3ncccc23)cs1)n1cc(Cl)cn1. The third kappa shape index (κ3) is 2.75. The van der Waals surface area contributed by atoms with Gasteiger partial charge in [0.25, 0.3) is 0 Å². The van der Waals surface area contributed by atoms with Crippen molar-refractivity contribution >= 4 is 34.0 Å². The number of hydrogen-bond donors (Lipinski definition) is 1. The van der Waals surface area contributed by atoms with Crippen LogP contribution in [0.1, 0.15) is 18.0 Å². The Morgan fingerprint density at radius 3 is 3.17 bits per heavy atom. The molecule has 0 fully saturated rings. The van der Waals surface area contributed by atoms with Crippen molar-refractivity contribution in [2.75, 3.05) is 0 Å². The maximum absolute atomic E-state index is 5.93. The van der Waals surface area contributed by atoms with Crippen LogP contribution in [0.4, 0.5) is 0 Å². The van der Waals surface area contributed by atoms with Gasteiger partial charge < -0.3 is 4.98 Å². The van der Waals surface area contributed by atoms with Crippen LogP contribution in [-0.4, -0.2) is 24.7 Å². The molecule has 1 N–H and O–H groups in total. The van der Waals surface area contributed by atoms with E-state index in [0.29, 0.717) is 5.02 Å². The summed E-state index contributed by atoms with van der Waals surface area (Å²) < 4.78 is 1.87. The van der Waals surface area contributed by atoms with Gasteiger partial charge in [0.15, 0.2) is 0 Å². The normalized spacial score (nSPS) is 12.8. The molecule has 5 nitrogen and oxygen atoms in total. The summed E-state index contributed by atoms with van der Waals surface area (Å²) in [6.45, 7) is 2.11. The highest BCUT2D eigenvalue weighted by Crippen LogP contribution is 2.29. The molecule has 4 aromatic heterocycles. The van der Waals surface area contributed by atoms with E-state index in [4.69, 9.17) is 16.6 Å². The summed E-state index contributed by atoms with van der Waals surface area (Å²) in [6.07, 6.45) is 8.07. The van der Waals surface area contributed by atoms with Crippen LogP contribution in [0.3, 0.4) is 0 Å². The first-order valence-corrected chi connectivity index (χ1v) is 8.53. The van der Waals surface area contributed by atoms with Crippen LogP contribution < -0.4 is 0 Å². The van der Waals surface area contributed by atoms with Crippen molar-refractivity contribution < 1.29 is 0 Å². The molecule has 1 unspecified atom stereocenters. The van der Waals surface area contributed by atoms with Crippen LogP contribution in [0.2, 0.25) is 5.02 Å². The zero-order chi connectivity index (χ0) is 15.8. The van der Waals surface area contributed by atoms with E-state index in [1.807, 2.05) is 23.1 Å². The number of H-pyrrole nitrogens is 1. The Balaban J connectivity index is 1.59. The van der Waals surface area contributed by atoms with Crippen LogP contribution in [-0.2, 0) is 6.42 Å². The predicted molar refractivity (Wildman–Crippen MR) is 92.9 cm³/mol. The second kappa shape index (κ2) is 5.79. The highest BCUT2D eigenvalue weighted by Gasteiger charge is 2.13. The first kappa shape index (κ1) is 14.4. The molecular weight excluding hydrogens is 330 g/mol. The lowest BCUT2D eigenvalue weighted by Gasteiger charge is -2.09. The molecule has 0 aliphatic carbocycles. The van der Waals surface area contributed by atoms with E-state index in [9.17, 15) is 0 Å². The lowest BCUT2D eigenvalue weighted by Crippen LogP contribution is -2.08. The average molecular weight is 344 g/mol. The Morgan fingerprint density at radius 2 is 2.35 bits per heavy atom. The van der Waals surface area contributed by atoms with Crippen LogP contribution in [0.25, 0.3) is 22.3 Å². The summed E-state index contributed by atoms with van der Waals surface area (Å²) in [5.74, 6) is 0. The van der Waals surface area contributed by atoms with Gasteiger partial charge in [-0.3, -0.25) is 4.68 Å². The number of thiazole rings is 1. The van der Waals surface area contributed by atoms with Gasteiger partial charge in [-0.05, 0) is 19.1 Å². The Kier molecular flexibility index (Phi) is 3.63. The third-order valence-electron chi connectivity index (χ3n) is 3.77. The topological polar surface area (TPSA) is 59.4 Å². The summed E-state index contributed by atoms with van der Waals surface area (Å²) in [4.78, 5) is 12.3. The molecule has 7 heteroatoms. The van der Waals surface area contributed by atoms with E-state index in [1.54, 1.807) is 23.7 Å². The van der Waals surface area contributed by atoms with E-state index >= 15 is 0 Å². The van der Waals surface area contributed by atoms with E-state index in [-0.39, 0.29) is 6.04 Å². The molecule has 4 heterocycles. The van der Waals surface area contributed by atoms with Gasteiger partial charge in [-0.15, -0.1) is 11.3 Å². The molecule has 0 aliphatic rings. The second-order valence-corrected chi connectivity index (χ2v) is 6.80. The molecule has 4 rings (SSSR count). The summed E-state index contributed by atoms with van der Waals surface area (Å²) in [6, 6.07) is 4.21. The van der Waals surface area contributed by atoms with Crippen molar-refractivity contribution in [3.63, 3.8) is 0 Å². The molecule has 0 radical (unpaired) electrons. The highest BCUT2D eigenvalue weighted by atomic mass is 35.5. The van der Waals surface area contributed by atoms with E-state index in [0.717, 1.165) is 33.7 Å². The van der Waals surface area contributed by atoms with Crippen LogP contribution in [0.15, 0.2) is 42.3 Å². The summed E-state index contributed by atoms with van der Waals surface area (Å²) in [5.41, 5.74) is 2.96. The Labute approximate surface area is 142 Å². The minimum absolute atomic E-state index is 0.214. The van der Waals surface area contributed by atoms with Gasteiger partial charge >= 0.3 is 0 Å². The molecule has 23 heavy (non-hydrogen) atoms. The minimum atomic E-state index is 0.214. The van der Waals surface area contributed by atoms with Gasteiger partial charge in [0.2, 0.25) is 0 Å². The number of hydrogen-bond acceptors (Lipinski definition) is 4. The fourth-order valence-electron chi connectivity index (χ4n) is 2.60. The molecule has 116 valence electrons. The van der Waals surface area contributed by atoms with Crippen molar-refractivity contribution in [3.05, 3.63) is 52.3 Å². The molecule has 0 saturated carbocycles. The fraction of sp³-hybridized carbons (Fsp3) is 0.188. The van der Waals surface area contributed by atoms with Gasteiger partial charge in [0.1, 0.15) is 5.65 Å². The largest absolute Gasteiger partial charge is 0.345 e. The summed E-state index contributed by atoms with van der Waals surface area (Å²) in [5, 5.41) is 9.18. The molecule has 0 aliphatic heterocycles. The van der Waals surface area contributed by atoms with Crippen molar-refractivity contribution in [1.29, 1.82) is 0 Å². The van der Waals surface area contributed by atoms with Crippen molar-refractivity contribution in [3.8, 4) is 11.3 Å². The van der Waals surface area contributed by atoms with Crippen molar-refractivity contribution in [2.24, 2.45) is 0 Å². The number of halogens is 1. The molecule has 1 atom stereocenters. The number of pyridine rings is 1. The number of nitrogens with zero attached hydrogens (tertiary/aromatic N) is 4. The van der Waals surface area contributed by atoms with Crippen molar-refractivity contribution in [1.82, 2.24) is 24.7 Å². The summed E-state index contributed by atoms with van der Waals surface area (Å²) in [7, 11) is 0. The van der Waals surface area contributed by atoms with Crippen LogP contribution in [0, 0.1) is 0 Å². The van der Waals surface area contributed by atoms with Crippen LogP contribution >= 0.6 is 22.9 Å². The summed E-state index contributed by atoms with van der Waals surface area (Å²) >= 11 is 7.60. The molecule has 0 saturated heterocycles. The average Bonchev–Trinajstić information content (AvgIpc) is 3.26. The molecule has 4 aromatic rings. The smallest absolute Gasteiger partial charge is 0.137 e. The molecule has 0 spiro atoms. The second-order valence-electron chi connectivity index (χ2n) is 5.42. The van der Waals surface area contributed by atoms with E-state index < -0.39 is 0 Å². The lowest BCUT2D eigenvalue weighted by atomic mass is 10.2. The Bertz CT molecular complexity index is 954. The third-order valence-corrected chi connectivity index (χ3v) is 4.84. The van der Waals surface area contributed by atoms with Gasteiger partial charge in [-0.25, -0.2) is 9.97 Å². The van der Waals surface area contributed by atoms with Crippen LogP contribution in [0.5, 0.6) is 0 Å². The monoisotopic (exact) mass is 343 g/mol. The minimum Gasteiger partial charge on any atom is -0.345 e. The Morgan fingerprint density at radius 1 is 1.43 bits per heavy atom. The number of aromatic nitrogens is 5. The van der Waals surface area contributed by atoms with Gasteiger partial charge in [-0.2, -0.15) is 5.10 Å². The first-order chi connectivity index (χ1) is 11.2. The number of aromatic amines is 1. The predicted octanol–water partition coefficient (Wildman–Crippen LogP) is 4.34. The number of rotatable bonds is 4. The van der Waals surface area contributed by atoms with E-state index in [1.165, 1.54) is 0 Å². The zero-order valence-electron chi connectivity index (χ0n) is 12.4. The quantitative estimate of drug-likeness (QED) is 0.599. The molecule has 0 amide bonds. The highest BCUT2D eigenvalue weighted by molar-refractivity contribution is 7.10. The zero-order valence-corrected chi connectivity index (χ0v) is 14.0. The fourth-order valence-corrected chi connectivity index (χ4v) is 3.66. The maximum Gasteiger partial charge on any atom is 0.137 e. The van der Waals surface area contributed by atoms with Gasteiger partial charge in [-0.1, -0.05) is 11.6 Å². The Hall–Kier alpha value is -2.18.